The summed E-state index contributed by atoms with van der Waals surface area (Å²) >= 11 is 0. The van der Waals surface area contributed by atoms with Gasteiger partial charge in [0.15, 0.2) is 23.5 Å². The zero-order valence-electron chi connectivity index (χ0n) is 14.2. The largest absolute Gasteiger partial charge is 0.493 e. The molecular formula is C15H21F2N5O3. The van der Waals surface area contributed by atoms with Crippen LogP contribution in [0.4, 0.5) is 14.5 Å². The summed E-state index contributed by atoms with van der Waals surface area (Å²) in [5, 5.41) is 7.46. The monoisotopic (exact) mass is 357 g/mol. The van der Waals surface area contributed by atoms with Crippen LogP contribution in [0.3, 0.4) is 0 Å². The molecule has 0 aliphatic carbocycles. The first-order valence-corrected chi connectivity index (χ1v) is 7.37. The molecule has 0 saturated carbocycles. The second kappa shape index (κ2) is 6.99. The van der Waals surface area contributed by atoms with Gasteiger partial charge in [0.25, 0.3) is 5.92 Å². The van der Waals surface area contributed by atoms with E-state index in [1.54, 1.807) is 0 Å². The van der Waals surface area contributed by atoms with E-state index in [4.69, 9.17) is 31.1 Å². The Labute approximate surface area is 143 Å². The summed E-state index contributed by atoms with van der Waals surface area (Å²) in [5.74, 6) is -3.00. The molecule has 10 heteroatoms. The molecule has 1 saturated heterocycles. The van der Waals surface area contributed by atoms with Gasteiger partial charge in [-0.1, -0.05) is 0 Å². The van der Waals surface area contributed by atoms with Crippen LogP contribution in [0.25, 0.3) is 0 Å². The van der Waals surface area contributed by atoms with Crippen LogP contribution in [-0.4, -0.2) is 56.5 Å². The van der Waals surface area contributed by atoms with Crippen molar-refractivity contribution in [1.82, 2.24) is 4.90 Å². The van der Waals surface area contributed by atoms with E-state index in [2.05, 4.69) is 4.99 Å². The molecule has 5 N–H and O–H groups in total. The van der Waals surface area contributed by atoms with Crippen LogP contribution in [0.1, 0.15) is 6.42 Å². The Morgan fingerprint density at radius 2 is 1.76 bits per heavy atom. The smallest absolute Gasteiger partial charge is 0.276 e. The van der Waals surface area contributed by atoms with Crippen molar-refractivity contribution in [3.05, 3.63) is 12.1 Å². The van der Waals surface area contributed by atoms with Crippen LogP contribution in [0.5, 0.6) is 17.2 Å². The number of ether oxygens (including phenoxy) is 3. The van der Waals surface area contributed by atoms with Gasteiger partial charge in [-0.05, 0) is 0 Å². The third kappa shape index (κ3) is 3.52. The van der Waals surface area contributed by atoms with Crippen molar-refractivity contribution in [2.24, 2.45) is 16.5 Å². The molecule has 0 spiro atoms. The second-order valence-corrected chi connectivity index (χ2v) is 5.41. The summed E-state index contributed by atoms with van der Waals surface area (Å²) in [7, 11) is 4.30. The number of alkyl halides is 2. The maximum Gasteiger partial charge on any atom is 0.276 e. The van der Waals surface area contributed by atoms with E-state index in [9.17, 15) is 8.78 Å². The second-order valence-electron chi connectivity index (χ2n) is 5.41. The van der Waals surface area contributed by atoms with Gasteiger partial charge in [-0.25, -0.2) is 13.8 Å². The number of rotatable bonds is 5. The van der Waals surface area contributed by atoms with Gasteiger partial charge in [-0.2, -0.15) is 0 Å². The topological polar surface area (TPSA) is 119 Å². The fourth-order valence-corrected chi connectivity index (χ4v) is 2.74. The molecule has 1 unspecified atom stereocenters. The molecule has 0 bridgehead atoms. The van der Waals surface area contributed by atoms with Gasteiger partial charge < -0.3 is 30.6 Å². The SMILES string of the molecule is COc1cc(N=C(N)C2N(C(=N)N)CCC2(F)F)cc(OC)c1OC. The number of hydrogen-bond acceptors (Lipinski definition) is 5. The molecule has 8 nitrogen and oxygen atoms in total. The molecule has 1 aliphatic heterocycles. The fraction of sp³-hybridized carbons (Fsp3) is 0.467. The third-order valence-corrected chi connectivity index (χ3v) is 3.90. The maximum atomic E-state index is 14.2. The molecule has 1 fully saturated rings. The first-order valence-electron chi connectivity index (χ1n) is 7.37. The zero-order valence-corrected chi connectivity index (χ0v) is 14.2. The highest BCUT2D eigenvalue weighted by Crippen LogP contribution is 2.41. The molecule has 1 aromatic carbocycles. The minimum atomic E-state index is -3.14. The average Bonchev–Trinajstić information content (AvgIpc) is 2.89. The van der Waals surface area contributed by atoms with Crippen molar-refractivity contribution in [2.45, 2.75) is 18.4 Å². The van der Waals surface area contributed by atoms with Crippen molar-refractivity contribution in [2.75, 3.05) is 27.9 Å². The highest BCUT2D eigenvalue weighted by molar-refractivity contribution is 5.93. The van der Waals surface area contributed by atoms with Gasteiger partial charge in [0.1, 0.15) is 5.84 Å². The Hall–Kier alpha value is -2.78. The molecule has 0 amide bonds. The van der Waals surface area contributed by atoms with Gasteiger partial charge in [-0.3, -0.25) is 5.41 Å². The molecule has 0 radical (unpaired) electrons. The number of benzene rings is 1. The Balaban J connectivity index is 2.46. The average molecular weight is 357 g/mol. The highest BCUT2D eigenvalue weighted by atomic mass is 19.3. The van der Waals surface area contributed by atoms with E-state index < -0.39 is 24.3 Å². The lowest BCUT2D eigenvalue weighted by atomic mass is 10.1. The van der Waals surface area contributed by atoms with Crippen molar-refractivity contribution < 1.29 is 23.0 Å². The summed E-state index contributed by atoms with van der Waals surface area (Å²) in [5.41, 5.74) is 11.5. The maximum absolute atomic E-state index is 14.2. The number of hydrogen-bond donors (Lipinski definition) is 3. The van der Waals surface area contributed by atoms with Crippen molar-refractivity contribution in [3.8, 4) is 17.2 Å². The lowest BCUT2D eigenvalue weighted by molar-refractivity contribution is -0.00144. The predicted molar refractivity (Wildman–Crippen MR) is 89.4 cm³/mol. The Morgan fingerprint density at radius 1 is 1.20 bits per heavy atom. The number of likely N-dealkylation sites (tertiary alicyclic amines) is 1. The quantitative estimate of drug-likeness (QED) is 0.540. The van der Waals surface area contributed by atoms with Crippen LogP contribution >= 0.6 is 0 Å². The molecule has 0 aromatic heterocycles. The zero-order chi connectivity index (χ0) is 18.8. The lowest BCUT2D eigenvalue weighted by Crippen LogP contribution is -2.52. The molecule has 1 aliphatic rings. The number of halogens is 2. The number of aliphatic imine (C=N–C) groups is 1. The van der Waals surface area contributed by atoms with Gasteiger partial charge in [0.05, 0.1) is 27.0 Å². The number of nitrogens with one attached hydrogen (secondary N) is 1. The van der Waals surface area contributed by atoms with Gasteiger partial charge >= 0.3 is 0 Å². The van der Waals surface area contributed by atoms with E-state index in [-0.39, 0.29) is 18.1 Å². The molecule has 2 rings (SSSR count). The number of guanidine groups is 1. The molecule has 138 valence electrons. The number of nitrogens with zero attached hydrogens (tertiary/aromatic N) is 2. The van der Waals surface area contributed by atoms with Crippen molar-refractivity contribution >= 4 is 17.5 Å². The van der Waals surface area contributed by atoms with E-state index in [0.29, 0.717) is 17.2 Å². The lowest BCUT2D eigenvalue weighted by Gasteiger charge is -2.27. The third-order valence-electron chi connectivity index (χ3n) is 3.90. The summed E-state index contributed by atoms with van der Waals surface area (Å²) in [4.78, 5) is 5.09. The Kier molecular flexibility index (Phi) is 5.19. The normalized spacial score (nSPS) is 19.6. The van der Waals surface area contributed by atoms with Crippen LogP contribution in [-0.2, 0) is 0 Å². The summed E-state index contributed by atoms with van der Waals surface area (Å²) in [6.07, 6.45) is -0.456. The molecule has 25 heavy (non-hydrogen) atoms. The van der Waals surface area contributed by atoms with E-state index >= 15 is 0 Å². The minimum Gasteiger partial charge on any atom is -0.493 e. The number of amidine groups is 1. The molecule has 1 heterocycles. The first-order chi connectivity index (χ1) is 11.7. The highest BCUT2D eigenvalue weighted by Gasteiger charge is 2.51. The number of methoxy groups -OCH3 is 3. The first kappa shape index (κ1) is 18.6. The van der Waals surface area contributed by atoms with Gasteiger partial charge in [0.2, 0.25) is 5.75 Å². The van der Waals surface area contributed by atoms with Crippen LogP contribution in [0, 0.1) is 5.41 Å². The van der Waals surface area contributed by atoms with E-state index in [1.165, 1.54) is 33.5 Å². The minimum absolute atomic E-state index is 0.0710. The van der Waals surface area contributed by atoms with Gasteiger partial charge in [-0.15, -0.1) is 0 Å². The standard InChI is InChI=1S/C15H21F2N5O3/c1-23-9-6-8(7-10(24-2)11(9)25-3)21-13(18)12-15(16,17)4-5-22(12)14(19)20/h6-7,12H,4-5H2,1-3H3,(H2,18,21)(H3,19,20). The summed E-state index contributed by atoms with van der Waals surface area (Å²) < 4.78 is 43.9. The van der Waals surface area contributed by atoms with E-state index in [0.717, 1.165) is 4.90 Å². The van der Waals surface area contributed by atoms with Crippen molar-refractivity contribution in [3.63, 3.8) is 0 Å². The summed E-state index contributed by atoms with van der Waals surface area (Å²) in [6.45, 7) is -0.0710. The molecule has 1 atom stereocenters. The van der Waals surface area contributed by atoms with E-state index in [1.807, 2.05) is 0 Å². The summed E-state index contributed by atoms with van der Waals surface area (Å²) in [6, 6.07) is 1.39. The molecule has 1 aromatic rings. The van der Waals surface area contributed by atoms with Crippen molar-refractivity contribution in [1.29, 1.82) is 5.41 Å². The Bertz CT molecular complexity index is 671. The molecular weight excluding hydrogens is 336 g/mol. The Morgan fingerprint density at radius 3 is 2.20 bits per heavy atom. The van der Waals surface area contributed by atoms with Crippen LogP contribution < -0.4 is 25.7 Å². The van der Waals surface area contributed by atoms with Gasteiger partial charge in [0, 0.05) is 25.1 Å². The van der Waals surface area contributed by atoms with Crippen LogP contribution in [0.15, 0.2) is 17.1 Å². The van der Waals surface area contributed by atoms with Crippen LogP contribution in [0.2, 0.25) is 0 Å². The predicted octanol–water partition coefficient (Wildman–Crippen LogP) is 1.30. The number of nitrogens with two attached hydrogens (primary N) is 2. The fourth-order valence-electron chi connectivity index (χ4n) is 2.74.